The Hall–Kier alpha value is -2.09. The van der Waals surface area contributed by atoms with Crippen molar-refractivity contribution in [1.29, 1.82) is 0 Å². The fourth-order valence-electron chi connectivity index (χ4n) is 1.15. The minimum atomic E-state index is -0.696. The van der Waals surface area contributed by atoms with Crippen molar-refractivity contribution in [1.82, 2.24) is 10.2 Å². The smallest absolute Gasteiger partial charge is 0.273 e. The molecule has 0 fully saturated rings. The van der Waals surface area contributed by atoms with E-state index in [1.807, 2.05) is 0 Å². The highest BCUT2D eigenvalue weighted by molar-refractivity contribution is 7.18. The van der Waals surface area contributed by atoms with Crippen molar-refractivity contribution in [2.24, 2.45) is 0 Å². The number of nitrogens with two attached hydrogens (primary N) is 1. The zero-order valence-electron chi connectivity index (χ0n) is 7.75. The van der Waals surface area contributed by atoms with E-state index in [9.17, 15) is 14.5 Å². The van der Waals surface area contributed by atoms with Crippen LogP contribution in [0.3, 0.4) is 0 Å². The maximum absolute atomic E-state index is 13.1. The van der Waals surface area contributed by atoms with Crippen molar-refractivity contribution in [3.63, 3.8) is 0 Å². The van der Waals surface area contributed by atoms with Gasteiger partial charge in [0.05, 0.1) is 11.0 Å². The monoisotopic (exact) mass is 240 g/mol. The molecule has 2 N–H and O–H groups in total. The Morgan fingerprint density at radius 1 is 1.38 bits per heavy atom. The van der Waals surface area contributed by atoms with Crippen molar-refractivity contribution in [3.05, 3.63) is 34.1 Å². The molecule has 1 aromatic heterocycles. The van der Waals surface area contributed by atoms with Crippen LogP contribution in [0.25, 0.3) is 10.6 Å². The third-order valence-corrected chi connectivity index (χ3v) is 2.58. The standard InChI is InChI=1S/C8H5FN4O2S/c9-5-1-4(2-6(3-5)13(14)15)7-11-12-8(10)16-7/h1-3H,(H2,10,12). The second kappa shape index (κ2) is 3.81. The Morgan fingerprint density at radius 3 is 2.69 bits per heavy atom. The summed E-state index contributed by atoms with van der Waals surface area (Å²) in [5, 5.41) is 18.3. The molecule has 0 atom stereocenters. The summed E-state index contributed by atoms with van der Waals surface area (Å²) in [5.41, 5.74) is 5.33. The first-order chi connectivity index (χ1) is 7.56. The molecule has 0 spiro atoms. The summed E-state index contributed by atoms with van der Waals surface area (Å²) in [4.78, 5) is 9.85. The van der Waals surface area contributed by atoms with E-state index >= 15 is 0 Å². The van der Waals surface area contributed by atoms with Gasteiger partial charge in [0.25, 0.3) is 5.69 Å². The normalized spacial score (nSPS) is 10.3. The molecule has 82 valence electrons. The molecule has 0 aliphatic carbocycles. The van der Waals surface area contributed by atoms with Gasteiger partial charge in [-0.2, -0.15) is 0 Å². The SMILES string of the molecule is Nc1nnc(-c2cc(F)cc([N+](=O)[O-])c2)s1. The average Bonchev–Trinajstić information content (AvgIpc) is 2.64. The van der Waals surface area contributed by atoms with Crippen LogP contribution in [-0.2, 0) is 0 Å². The van der Waals surface area contributed by atoms with Crippen LogP contribution < -0.4 is 5.73 Å². The van der Waals surface area contributed by atoms with Gasteiger partial charge in [-0.15, -0.1) is 10.2 Å². The largest absolute Gasteiger partial charge is 0.374 e. The minimum absolute atomic E-state index is 0.224. The Balaban J connectivity index is 2.53. The predicted octanol–water partition coefficient (Wildman–Crippen LogP) is 1.83. The number of benzene rings is 1. The van der Waals surface area contributed by atoms with E-state index in [2.05, 4.69) is 10.2 Å². The van der Waals surface area contributed by atoms with Gasteiger partial charge in [-0.3, -0.25) is 10.1 Å². The van der Waals surface area contributed by atoms with E-state index in [1.165, 1.54) is 6.07 Å². The zero-order chi connectivity index (χ0) is 11.7. The fourth-order valence-corrected chi connectivity index (χ4v) is 1.75. The van der Waals surface area contributed by atoms with Gasteiger partial charge in [0.15, 0.2) is 0 Å². The predicted molar refractivity (Wildman–Crippen MR) is 56.4 cm³/mol. The van der Waals surface area contributed by atoms with Gasteiger partial charge in [0, 0.05) is 11.6 Å². The van der Waals surface area contributed by atoms with Crippen LogP contribution in [0.2, 0.25) is 0 Å². The number of nitrogen functional groups attached to an aromatic ring is 1. The molecule has 2 aromatic rings. The molecule has 8 heteroatoms. The highest BCUT2D eigenvalue weighted by Gasteiger charge is 2.13. The molecule has 2 rings (SSSR count). The van der Waals surface area contributed by atoms with Gasteiger partial charge >= 0.3 is 0 Å². The van der Waals surface area contributed by atoms with Gasteiger partial charge in [-0.05, 0) is 6.07 Å². The van der Waals surface area contributed by atoms with Gasteiger partial charge < -0.3 is 5.73 Å². The average molecular weight is 240 g/mol. The number of nitro groups is 1. The second-order valence-electron chi connectivity index (χ2n) is 2.90. The number of hydrogen-bond acceptors (Lipinski definition) is 6. The number of halogens is 1. The van der Waals surface area contributed by atoms with Crippen LogP contribution in [-0.4, -0.2) is 15.1 Å². The third-order valence-electron chi connectivity index (χ3n) is 1.78. The van der Waals surface area contributed by atoms with Gasteiger partial charge in [-0.1, -0.05) is 11.3 Å². The second-order valence-corrected chi connectivity index (χ2v) is 3.91. The number of rotatable bonds is 2. The summed E-state index contributed by atoms with van der Waals surface area (Å²) in [7, 11) is 0. The van der Waals surface area contributed by atoms with Crippen molar-refractivity contribution < 1.29 is 9.31 Å². The van der Waals surface area contributed by atoms with Gasteiger partial charge in [0.1, 0.15) is 10.8 Å². The van der Waals surface area contributed by atoms with E-state index in [0.29, 0.717) is 10.6 Å². The Morgan fingerprint density at radius 2 is 2.12 bits per heavy atom. The lowest BCUT2D eigenvalue weighted by molar-refractivity contribution is -0.385. The molecule has 1 aromatic carbocycles. The number of nitro benzene ring substituents is 1. The number of non-ortho nitro benzene ring substituents is 1. The van der Waals surface area contributed by atoms with Crippen LogP contribution in [0.1, 0.15) is 0 Å². The number of anilines is 1. The Kier molecular flexibility index (Phi) is 2.49. The molecular weight excluding hydrogens is 235 g/mol. The summed E-state index contributed by atoms with van der Waals surface area (Å²) in [5.74, 6) is -0.696. The molecule has 0 saturated carbocycles. The molecule has 6 nitrogen and oxygen atoms in total. The summed E-state index contributed by atoms with van der Waals surface area (Å²) in [6.45, 7) is 0. The van der Waals surface area contributed by atoms with E-state index in [4.69, 9.17) is 5.73 Å². The molecule has 0 amide bonds. The van der Waals surface area contributed by atoms with Crippen LogP contribution in [0.4, 0.5) is 15.2 Å². The Bertz CT molecular complexity index is 557. The summed E-state index contributed by atoms with van der Waals surface area (Å²) < 4.78 is 13.1. The highest BCUT2D eigenvalue weighted by atomic mass is 32.1. The number of hydrogen-bond donors (Lipinski definition) is 1. The molecule has 0 bridgehead atoms. The maximum Gasteiger partial charge on any atom is 0.273 e. The van der Waals surface area contributed by atoms with Gasteiger partial charge in [0.2, 0.25) is 5.13 Å². The Labute approximate surface area is 92.7 Å². The number of nitrogens with zero attached hydrogens (tertiary/aromatic N) is 3. The van der Waals surface area contributed by atoms with Crippen LogP contribution in [0.15, 0.2) is 18.2 Å². The summed E-state index contributed by atoms with van der Waals surface area (Å²) in [6, 6.07) is 3.21. The summed E-state index contributed by atoms with van der Waals surface area (Å²) >= 11 is 1.04. The molecule has 0 radical (unpaired) electrons. The lowest BCUT2D eigenvalue weighted by Gasteiger charge is -1.96. The van der Waals surface area contributed by atoms with Crippen LogP contribution >= 0.6 is 11.3 Å². The molecule has 0 unspecified atom stereocenters. The van der Waals surface area contributed by atoms with Crippen molar-refractivity contribution in [2.45, 2.75) is 0 Å². The first-order valence-corrected chi connectivity index (χ1v) is 4.92. The van der Waals surface area contributed by atoms with E-state index in [1.54, 1.807) is 0 Å². The first kappa shape index (κ1) is 10.4. The number of aromatic nitrogens is 2. The van der Waals surface area contributed by atoms with Crippen molar-refractivity contribution >= 4 is 22.2 Å². The molecule has 1 heterocycles. The minimum Gasteiger partial charge on any atom is -0.374 e. The van der Waals surface area contributed by atoms with E-state index in [-0.39, 0.29) is 10.8 Å². The van der Waals surface area contributed by atoms with Crippen molar-refractivity contribution in [2.75, 3.05) is 5.73 Å². The lowest BCUT2D eigenvalue weighted by Crippen LogP contribution is -1.90. The zero-order valence-corrected chi connectivity index (χ0v) is 8.57. The molecule has 0 aliphatic heterocycles. The fraction of sp³-hybridized carbons (Fsp3) is 0. The van der Waals surface area contributed by atoms with E-state index in [0.717, 1.165) is 23.5 Å². The molecule has 0 aliphatic rings. The van der Waals surface area contributed by atoms with Crippen LogP contribution in [0.5, 0.6) is 0 Å². The third kappa shape index (κ3) is 1.96. The quantitative estimate of drug-likeness (QED) is 0.638. The van der Waals surface area contributed by atoms with E-state index < -0.39 is 10.7 Å². The molecule has 16 heavy (non-hydrogen) atoms. The molecular formula is C8H5FN4O2S. The topological polar surface area (TPSA) is 94.9 Å². The maximum atomic E-state index is 13.1. The highest BCUT2D eigenvalue weighted by Crippen LogP contribution is 2.28. The van der Waals surface area contributed by atoms with Crippen molar-refractivity contribution in [3.8, 4) is 10.6 Å². The first-order valence-electron chi connectivity index (χ1n) is 4.10. The lowest BCUT2D eigenvalue weighted by atomic mass is 10.2. The molecule has 0 saturated heterocycles. The van der Waals surface area contributed by atoms with Crippen LogP contribution in [0, 0.1) is 15.9 Å². The summed E-state index contributed by atoms with van der Waals surface area (Å²) in [6.07, 6.45) is 0. The van der Waals surface area contributed by atoms with Gasteiger partial charge in [-0.25, -0.2) is 4.39 Å².